The molecule has 0 aliphatic rings. The average Bonchev–Trinajstić information content (AvgIpc) is 3.27. The summed E-state index contributed by atoms with van der Waals surface area (Å²) in [6, 6.07) is 0. The molecule has 0 bridgehead atoms. The molecular weight excluding hydrogens is 769 g/mol. The van der Waals surface area contributed by atoms with E-state index in [9.17, 15) is 14.4 Å². The molecule has 0 spiro atoms. The van der Waals surface area contributed by atoms with Gasteiger partial charge in [0, 0.05) is 19.3 Å². The van der Waals surface area contributed by atoms with Gasteiger partial charge in [0.05, 0.1) is 0 Å². The van der Waals surface area contributed by atoms with Crippen molar-refractivity contribution in [2.45, 2.75) is 226 Å². The van der Waals surface area contributed by atoms with Crippen molar-refractivity contribution in [2.75, 3.05) is 13.2 Å². The van der Waals surface area contributed by atoms with Gasteiger partial charge in [-0.2, -0.15) is 0 Å². The minimum absolute atomic E-state index is 0.0947. The molecule has 0 aromatic rings. The molecule has 0 rings (SSSR count). The monoisotopic (exact) mass is 861 g/mol. The van der Waals surface area contributed by atoms with Crippen LogP contribution in [0, 0.1) is 0 Å². The second-order valence-corrected chi connectivity index (χ2v) is 16.3. The summed E-state index contributed by atoms with van der Waals surface area (Å²) >= 11 is 0. The van der Waals surface area contributed by atoms with E-state index in [1.165, 1.54) is 44.9 Å². The molecular formula is C56H92O6. The van der Waals surface area contributed by atoms with E-state index in [0.29, 0.717) is 19.3 Å². The fourth-order valence-corrected chi connectivity index (χ4v) is 6.67. The molecule has 0 aromatic heterocycles. The molecule has 62 heavy (non-hydrogen) atoms. The van der Waals surface area contributed by atoms with Gasteiger partial charge in [0.1, 0.15) is 13.2 Å². The lowest BCUT2D eigenvalue weighted by Crippen LogP contribution is -2.30. The van der Waals surface area contributed by atoms with Crippen LogP contribution in [0.15, 0.2) is 97.2 Å². The second-order valence-electron chi connectivity index (χ2n) is 16.3. The zero-order valence-corrected chi connectivity index (χ0v) is 40.1. The van der Waals surface area contributed by atoms with Gasteiger partial charge in [-0.1, -0.05) is 201 Å². The highest BCUT2D eigenvalue weighted by molar-refractivity contribution is 5.71. The molecule has 0 amide bonds. The van der Waals surface area contributed by atoms with Crippen LogP contribution in [-0.4, -0.2) is 37.2 Å². The maximum Gasteiger partial charge on any atom is 0.306 e. The van der Waals surface area contributed by atoms with Gasteiger partial charge in [0.2, 0.25) is 0 Å². The molecule has 0 heterocycles. The van der Waals surface area contributed by atoms with E-state index >= 15 is 0 Å². The highest BCUT2D eigenvalue weighted by Gasteiger charge is 2.19. The van der Waals surface area contributed by atoms with Crippen LogP contribution in [0.2, 0.25) is 0 Å². The minimum atomic E-state index is -0.796. The lowest BCUT2D eigenvalue weighted by atomic mass is 10.1. The molecule has 6 nitrogen and oxygen atoms in total. The van der Waals surface area contributed by atoms with E-state index < -0.39 is 6.10 Å². The van der Waals surface area contributed by atoms with Crippen molar-refractivity contribution in [3.63, 3.8) is 0 Å². The third kappa shape index (κ3) is 47.4. The number of hydrogen-bond acceptors (Lipinski definition) is 6. The third-order valence-electron chi connectivity index (χ3n) is 10.4. The van der Waals surface area contributed by atoms with Crippen molar-refractivity contribution >= 4 is 17.9 Å². The van der Waals surface area contributed by atoms with Gasteiger partial charge < -0.3 is 14.2 Å². The largest absolute Gasteiger partial charge is 0.462 e. The minimum Gasteiger partial charge on any atom is -0.462 e. The van der Waals surface area contributed by atoms with Gasteiger partial charge in [0.25, 0.3) is 0 Å². The van der Waals surface area contributed by atoms with Gasteiger partial charge in [-0.25, -0.2) is 0 Å². The standard InChI is InChI=1S/C56H92O6/c1-4-7-10-13-16-19-22-25-26-27-28-29-30-32-34-37-40-43-46-49-55(58)61-52-53(51-60-54(57)48-45-42-39-36-33-24-21-18-15-12-9-6-3)62-56(59)50-47-44-41-38-35-31-23-20-17-14-11-8-5-2/h7-12,14,16-21,23,25-26,53H,4-6,13,15,22,24,27-52H2,1-3H3/b10-7-,11-8-,12-9-,17-14-,19-16-,21-18-,23-20-,26-25-. The number of carbonyl (C=O) groups excluding carboxylic acids is 3. The molecule has 0 fully saturated rings. The number of allylic oxidation sites excluding steroid dienone is 16. The molecule has 0 aliphatic heterocycles. The topological polar surface area (TPSA) is 78.9 Å². The molecule has 352 valence electrons. The number of unbranched alkanes of at least 4 members (excludes halogenated alkanes) is 19. The molecule has 0 radical (unpaired) electrons. The third-order valence-corrected chi connectivity index (χ3v) is 10.4. The van der Waals surface area contributed by atoms with Crippen molar-refractivity contribution in [3.05, 3.63) is 97.2 Å². The van der Waals surface area contributed by atoms with E-state index in [-0.39, 0.29) is 31.1 Å². The number of carbonyl (C=O) groups is 3. The van der Waals surface area contributed by atoms with Crippen molar-refractivity contribution in [2.24, 2.45) is 0 Å². The van der Waals surface area contributed by atoms with Gasteiger partial charge in [-0.15, -0.1) is 0 Å². The number of rotatable bonds is 44. The van der Waals surface area contributed by atoms with Crippen molar-refractivity contribution in [1.82, 2.24) is 0 Å². The second kappa shape index (κ2) is 50.0. The number of ether oxygens (including phenoxy) is 3. The van der Waals surface area contributed by atoms with Gasteiger partial charge in [-0.3, -0.25) is 14.4 Å². The predicted octanol–water partition coefficient (Wildman–Crippen LogP) is 16.6. The van der Waals surface area contributed by atoms with Crippen LogP contribution in [0.25, 0.3) is 0 Å². The summed E-state index contributed by atoms with van der Waals surface area (Å²) in [5.74, 6) is -0.940. The number of esters is 3. The summed E-state index contributed by atoms with van der Waals surface area (Å²) < 4.78 is 16.7. The van der Waals surface area contributed by atoms with E-state index in [4.69, 9.17) is 14.2 Å². The first-order valence-electron chi connectivity index (χ1n) is 25.3. The molecule has 6 heteroatoms. The molecule has 0 N–H and O–H groups in total. The molecule has 1 atom stereocenters. The van der Waals surface area contributed by atoms with E-state index in [1.54, 1.807) is 0 Å². The molecule has 0 aliphatic carbocycles. The quantitative estimate of drug-likeness (QED) is 0.0200. The Morgan fingerprint density at radius 2 is 0.661 bits per heavy atom. The SMILES string of the molecule is CC\C=C/C=C\C=C/CCCCCCCC(=O)OC(COC(=O)CCCCCCC/C=C\C/C=C\CC)COC(=O)CCCCCCCCCCC/C=C\C/C=C\C/C=C\CC. The first kappa shape index (κ1) is 58.3. The Hall–Kier alpha value is -3.67. The summed E-state index contributed by atoms with van der Waals surface area (Å²) in [5, 5.41) is 0. The lowest BCUT2D eigenvalue weighted by molar-refractivity contribution is -0.167. The average molecular weight is 861 g/mol. The Balaban J connectivity index is 4.39. The highest BCUT2D eigenvalue weighted by Crippen LogP contribution is 2.14. The Morgan fingerprint density at radius 1 is 0.339 bits per heavy atom. The Bertz CT molecular complexity index is 1260. The van der Waals surface area contributed by atoms with E-state index in [1.807, 2.05) is 0 Å². The number of hydrogen-bond donors (Lipinski definition) is 0. The summed E-state index contributed by atoms with van der Waals surface area (Å²) in [6.45, 7) is 6.24. The highest BCUT2D eigenvalue weighted by atomic mass is 16.6. The van der Waals surface area contributed by atoms with Crippen LogP contribution in [0.1, 0.15) is 220 Å². The lowest BCUT2D eigenvalue weighted by Gasteiger charge is -2.18. The van der Waals surface area contributed by atoms with Crippen molar-refractivity contribution in [1.29, 1.82) is 0 Å². The first-order valence-corrected chi connectivity index (χ1v) is 25.3. The maximum absolute atomic E-state index is 12.8. The zero-order valence-electron chi connectivity index (χ0n) is 40.1. The van der Waals surface area contributed by atoms with Crippen molar-refractivity contribution < 1.29 is 28.6 Å². The molecule has 0 saturated carbocycles. The molecule has 0 aromatic carbocycles. The van der Waals surface area contributed by atoms with Crippen LogP contribution in [0.5, 0.6) is 0 Å². The van der Waals surface area contributed by atoms with Gasteiger partial charge >= 0.3 is 17.9 Å². The smallest absolute Gasteiger partial charge is 0.306 e. The predicted molar refractivity (Wildman–Crippen MR) is 265 cm³/mol. The van der Waals surface area contributed by atoms with Crippen LogP contribution in [0.3, 0.4) is 0 Å². The fourth-order valence-electron chi connectivity index (χ4n) is 6.67. The molecule has 0 saturated heterocycles. The fraction of sp³-hybridized carbons (Fsp3) is 0.661. The van der Waals surface area contributed by atoms with Crippen LogP contribution >= 0.6 is 0 Å². The Kier molecular flexibility index (Phi) is 47.0. The maximum atomic E-state index is 12.8. The van der Waals surface area contributed by atoms with Crippen LogP contribution < -0.4 is 0 Å². The first-order chi connectivity index (χ1) is 30.5. The Morgan fingerprint density at radius 3 is 1.08 bits per heavy atom. The van der Waals surface area contributed by atoms with E-state index in [0.717, 1.165) is 135 Å². The normalized spacial score (nSPS) is 12.9. The zero-order chi connectivity index (χ0) is 45.1. The van der Waals surface area contributed by atoms with Gasteiger partial charge in [-0.05, 0) is 96.3 Å². The summed E-state index contributed by atoms with van der Waals surface area (Å²) in [7, 11) is 0. The summed E-state index contributed by atoms with van der Waals surface area (Å²) in [4.78, 5) is 37.9. The summed E-state index contributed by atoms with van der Waals surface area (Å²) in [6.07, 6.45) is 65.4. The van der Waals surface area contributed by atoms with E-state index in [2.05, 4.69) is 118 Å². The van der Waals surface area contributed by atoms with Crippen LogP contribution in [-0.2, 0) is 28.6 Å². The Labute approximate surface area is 381 Å². The summed E-state index contributed by atoms with van der Waals surface area (Å²) in [5.41, 5.74) is 0. The van der Waals surface area contributed by atoms with Crippen molar-refractivity contribution in [3.8, 4) is 0 Å². The molecule has 1 unspecified atom stereocenters. The van der Waals surface area contributed by atoms with Crippen LogP contribution in [0.4, 0.5) is 0 Å². The van der Waals surface area contributed by atoms with Gasteiger partial charge in [0.15, 0.2) is 6.10 Å².